The van der Waals surface area contributed by atoms with Gasteiger partial charge in [0.15, 0.2) is 0 Å². The van der Waals surface area contributed by atoms with E-state index in [2.05, 4.69) is 0 Å². The van der Waals surface area contributed by atoms with Crippen molar-refractivity contribution in [1.29, 1.82) is 0 Å². The number of ketones is 1. The third-order valence-corrected chi connectivity index (χ3v) is 2.87. The zero-order chi connectivity index (χ0) is 12.3. The van der Waals surface area contributed by atoms with Crippen LogP contribution in [-0.4, -0.2) is 12.0 Å². The first kappa shape index (κ1) is 13.1. The van der Waals surface area contributed by atoms with Crippen LogP contribution in [-0.2, 0) is 17.4 Å². The molecule has 1 aromatic carbocycles. The summed E-state index contributed by atoms with van der Waals surface area (Å²) in [6.07, 6.45) is -2.47. The molecule has 0 aliphatic carbocycles. The smallest absolute Gasteiger partial charge is 0.300 e. The molecule has 0 aliphatic heterocycles. The number of benzene rings is 1. The molecule has 1 nitrogen and oxygen atoms in total. The molecule has 0 aromatic heterocycles. The molecule has 0 unspecified atom stereocenters. The Hall–Kier alpha value is -0.970. The highest BCUT2D eigenvalue weighted by atomic mass is 32.2. The Labute approximate surface area is 96.0 Å². The number of hydrogen-bond acceptors (Lipinski definition) is 2. The van der Waals surface area contributed by atoms with E-state index in [1.54, 1.807) is 6.26 Å². The first-order chi connectivity index (χ1) is 7.34. The Bertz CT molecular complexity index is 399. The van der Waals surface area contributed by atoms with Gasteiger partial charge in [-0.3, -0.25) is 4.79 Å². The molecule has 0 fully saturated rings. The van der Waals surface area contributed by atoms with Gasteiger partial charge in [-0.1, -0.05) is 6.07 Å². The molecule has 1 aromatic rings. The summed E-state index contributed by atoms with van der Waals surface area (Å²) in [6, 6.07) is 3.47. The summed E-state index contributed by atoms with van der Waals surface area (Å²) in [4.78, 5) is 11.4. The van der Waals surface area contributed by atoms with Gasteiger partial charge in [0.05, 0.1) is 5.56 Å². The van der Waals surface area contributed by atoms with Crippen LogP contribution in [0.2, 0.25) is 0 Å². The van der Waals surface area contributed by atoms with Crippen LogP contribution in [0.1, 0.15) is 18.1 Å². The molecule has 0 saturated heterocycles. The van der Waals surface area contributed by atoms with Crippen molar-refractivity contribution in [2.24, 2.45) is 0 Å². The highest BCUT2D eigenvalue weighted by Gasteiger charge is 2.30. The number of carbonyl (C=O) groups is 1. The van der Waals surface area contributed by atoms with Crippen molar-refractivity contribution in [3.8, 4) is 0 Å². The average Bonchev–Trinajstić information content (AvgIpc) is 2.15. The summed E-state index contributed by atoms with van der Waals surface area (Å²) in [5.41, 5.74) is -0.0304. The summed E-state index contributed by atoms with van der Waals surface area (Å²) in [5.74, 6) is -0.0601. The number of thioether (sulfide) groups is 1. The van der Waals surface area contributed by atoms with Crippen LogP contribution in [0.5, 0.6) is 0 Å². The van der Waals surface area contributed by atoms with Gasteiger partial charge in [0, 0.05) is 11.3 Å². The van der Waals surface area contributed by atoms with Crippen molar-refractivity contribution in [3.05, 3.63) is 29.3 Å². The van der Waals surface area contributed by atoms with Crippen molar-refractivity contribution in [2.45, 2.75) is 24.4 Å². The van der Waals surface area contributed by atoms with Gasteiger partial charge in [-0.15, -0.1) is 11.8 Å². The van der Waals surface area contributed by atoms with Crippen molar-refractivity contribution >= 4 is 17.5 Å². The van der Waals surface area contributed by atoms with E-state index in [9.17, 15) is 18.0 Å². The maximum Gasteiger partial charge on any atom is 0.416 e. The first-order valence-corrected chi connectivity index (χ1v) is 5.80. The minimum atomic E-state index is -4.33. The second-order valence-electron chi connectivity index (χ2n) is 3.40. The predicted octanol–water partition coefficient (Wildman–Crippen LogP) is 3.56. The first-order valence-electron chi connectivity index (χ1n) is 4.58. The summed E-state index contributed by atoms with van der Waals surface area (Å²) in [6.45, 7) is 1.42. The molecule has 0 heterocycles. The fourth-order valence-corrected chi connectivity index (χ4v) is 1.98. The Morgan fingerprint density at radius 2 is 2.00 bits per heavy atom. The number of hydrogen-bond donors (Lipinski definition) is 0. The summed E-state index contributed by atoms with van der Waals surface area (Å²) in [5, 5.41) is 0. The van der Waals surface area contributed by atoms with Crippen molar-refractivity contribution in [2.75, 3.05) is 6.26 Å². The summed E-state index contributed by atoms with van der Waals surface area (Å²) < 4.78 is 37.3. The lowest BCUT2D eigenvalue weighted by Gasteiger charge is -2.11. The lowest BCUT2D eigenvalue weighted by molar-refractivity contribution is -0.137. The normalized spacial score (nSPS) is 11.6. The van der Waals surface area contributed by atoms with E-state index in [0.717, 1.165) is 12.1 Å². The minimum Gasteiger partial charge on any atom is -0.300 e. The van der Waals surface area contributed by atoms with E-state index in [0.29, 0.717) is 10.5 Å². The topological polar surface area (TPSA) is 17.1 Å². The van der Waals surface area contributed by atoms with Crippen molar-refractivity contribution in [1.82, 2.24) is 0 Å². The van der Waals surface area contributed by atoms with Gasteiger partial charge in [-0.2, -0.15) is 13.2 Å². The summed E-state index contributed by atoms with van der Waals surface area (Å²) in [7, 11) is 0. The third-order valence-electron chi connectivity index (χ3n) is 2.05. The fourth-order valence-electron chi connectivity index (χ4n) is 1.34. The van der Waals surface area contributed by atoms with Gasteiger partial charge in [0.25, 0.3) is 0 Å². The van der Waals surface area contributed by atoms with Crippen LogP contribution in [0.3, 0.4) is 0 Å². The lowest BCUT2D eigenvalue weighted by atomic mass is 10.1. The zero-order valence-corrected chi connectivity index (χ0v) is 9.71. The van der Waals surface area contributed by atoms with E-state index in [1.807, 2.05) is 0 Å². The molecule has 0 N–H and O–H groups in total. The molecule has 0 saturated carbocycles. The van der Waals surface area contributed by atoms with E-state index in [-0.39, 0.29) is 12.2 Å². The second kappa shape index (κ2) is 4.91. The van der Waals surface area contributed by atoms with Crippen LogP contribution < -0.4 is 0 Å². The van der Waals surface area contributed by atoms with Crippen LogP contribution in [0, 0.1) is 0 Å². The second-order valence-corrected chi connectivity index (χ2v) is 4.25. The molecule has 0 aliphatic rings. The Kier molecular flexibility index (Phi) is 4.02. The zero-order valence-electron chi connectivity index (χ0n) is 8.89. The van der Waals surface area contributed by atoms with Gasteiger partial charge in [0.1, 0.15) is 5.78 Å². The Morgan fingerprint density at radius 1 is 1.38 bits per heavy atom. The molecule has 0 atom stereocenters. The molecule has 0 bridgehead atoms. The molecule has 16 heavy (non-hydrogen) atoms. The predicted molar refractivity (Wildman–Crippen MR) is 57.6 cm³/mol. The van der Waals surface area contributed by atoms with Gasteiger partial charge in [-0.05, 0) is 30.9 Å². The Balaban J connectivity index is 3.11. The van der Waals surface area contributed by atoms with Crippen molar-refractivity contribution < 1.29 is 18.0 Å². The van der Waals surface area contributed by atoms with E-state index in [4.69, 9.17) is 0 Å². The molecule has 1 rings (SSSR count). The number of Topliss-reactive ketones (excluding diaryl/α,β-unsaturated/α-hetero) is 1. The number of halogens is 3. The highest BCUT2D eigenvalue weighted by molar-refractivity contribution is 7.98. The molecule has 88 valence electrons. The van der Waals surface area contributed by atoms with Gasteiger partial charge in [-0.25, -0.2) is 0 Å². The summed E-state index contributed by atoms with van der Waals surface area (Å²) >= 11 is 1.22. The maximum atomic E-state index is 12.4. The number of carbonyl (C=O) groups excluding carboxylic acids is 1. The molecule has 5 heteroatoms. The molecular formula is C11H11F3OS. The van der Waals surface area contributed by atoms with Crippen LogP contribution in [0.15, 0.2) is 23.1 Å². The Morgan fingerprint density at radius 3 is 2.44 bits per heavy atom. The minimum absolute atomic E-state index is 0.0601. The average molecular weight is 248 g/mol. The maximum absolute atomic E-state index is 12.4. The largest absolute Gasteiger partial charge is 0.416 e. The quantitative estimate of drug-likeness (QED) is 0.761. The molecule has 0 amide bonds. The number of rotatable bonds is 3. The molecule has 0 radical (unpaired) electrons. The monoisotopic (exact) mass is 248 g/mol. The van der Waals surface area contributed by atoms with Crippen LogP contribution in [0.4, 0.5) is 13.2 Å². The lowest BCUT2D eigenvalue weighted by Crippen LogP contribution is -2.06. The molecular weight excluding hydrogens is 237 g/mol. The fraction of sp³-hybridized carbons (Fsp3) is 0.364. The van der Waals surface area contributed by atoms with Gasteiger partial charge < -0.3 is 0 Å². The highest BCUT2D eigenvalue weighted by Crippen LogP contribution is 2.33. The van der Waals surface area contributed by atoms with E-state index in [1.165, 1.54) is 24.8 Å². The number of alkyl halides is 3. The standard InChI is InChI=1S/C11H11F3OS/c1-7(15)5-8-3-4-9(11(12,13)14)6-10(8)16-2/h3-4,6H,5H2,1-2H3. The van der Waals surface area contributed by atoms with Gasteiger partial charge >= 0.3 is 6.18 Å². The third kappa shape index (κ3) is 3.27. The van der Waals surface area contributed by atoms with Crippen LogP contribution >= 0.6 is 11.8 Å². The van der Waals surface area contributed by atoms with Crippen molar-refractivity contribution in [3.63, 3.8) is 0 Å². The van der Waals surface area contributed by atoms with E-state index >= 15 is 0 Å². The van der Waals surface area contributed by atoms with Gasteiger partial charge in [0.2, 0.25) is 0 Å². The van der Waals surface area contributed by atoms with E-state index < -0.39 is 11.7 Å². The van der Waals surface area contributed by atoms with Crippen LogP contribution in [0.25, 0.3) is 0 Å². The molecule has 0 spiro atoms. The SMILES string of the molecule is CSc1cc(C(F)(F)F)ccc1CC(C)=O.